The fourth-order valence-corrected chi connectivity index (χ4v) is 6.62. The summed E-state index contributed by atoms with van der Waals surface area (Å²) in [7, 11) is 0. The van der Waals surface area contributed by atoms with Crippen LogP contribution in [0.1, 0.15) is 62.1 Å². The van der Waals surface area contributed by atoms with Crippen LogP contribution in [0.15, 0.2) is 72.8 Å². The summed E-state index contributed by atoms with van der Waals surface area (Å²) in [5, 5.41) is 172. The smallest absolute Gasteiger partial charge is 0.343 e. The Morgan fingerprint density at radius 1 is 0.333 bits per heavy atom. The lowest BCUT2D eigenvalue weighted by Gasteiger charge is -2.34. The first-order chi connectivity index (χ1) is 36.6. The normalized spacial score (nSPS) is 12.4. The van der Waals surface area contributed by atoms with Crippen LogP contribution in [0.25, 0.3) is 0 Å². The average molecular weight is 1090 g/mol. The highest BCUT2D eigenvalue weighted by Gasteiger charge is 2.46. The summed E-state index contributed by atoms with van der Waals surface area (Å²) < 4.78 is 32.0. The van der Waals surface area contributed by atoms with Crippen molar-refractivity contribution < 1.29 is 149 Å². The van der Waals surface area contributed by atoms with Crippen LogP contribution < -0.4 is 4.74 Å². The zero-order chi connectivity index (χ0) is 57.8. The van der Waals surface area contributed by atoms with Crippen molar-refractivity contribution in [3.05, 3.63) is 106 Å². The molecule has 6 aromatic carbocycles. The number of aldehydes is 1. The minimum Gasteiger partial charge on any atom is -0.504 e. The second-order valence-electron chi connectivity index (χ2n) is 15.8. The molecule has 0 aromatic heterocycles. The van der Waals surface area contributed by atoms with Gasteiger partial charge in [-0.05, 0) is 72.8 Å². The van der Waals surface area contributed by atoms with Gasteiger partial charge in [0, 0.05) is 0 Å². The molecular weight excluding hydrogens is 1060 g/mol. The Hall–Kier alpha value is -11.6. The molecule has 17 N–H and O–H groups in total. The summed E-state index contributed by atoms with van der Waals surface area (Å²) in [4.78, 5) is 95.9. The van der Waals surface area contributed by atoms with E-state index in [2.05, 4.69) is 0 Å². The molecule has 0 unspecified atom stereocenters. The fourth-order valence-electron chi connectivity index (χ4n) is 6.62. The Kier molecular flexibility index (Phi) is 15.9. The van der Waals surface area contributed by atoms with Gasteiger partial charge in [0.1, 0.15) is 6.61 Å². The molecule has 0 saturated heterocycles. The minimum atomic E-state index is -2.95. The Morgan fingerprint density at radius 3 is 0.949 bits per heavy atom. The Labute approximate surface area is 430 Å². The van der Waals surface area contributed by atoms with Gasteiger partial charge in [0.2, 0.25) is 5.75 Å². The number of carbonyl (C=O) groups excluding carboxylic acids is 7. The van der Waals surface area contributed by atoms with Crippen LogP contribution in [0.3, 0.4) is 0 Å². The number of rotatable bonds is 17. The van der Waals surface area contributed by atoms with Crippen LogP contribution in [0.2, 0.25) is 0 Å². The number of aromatic hydroxyl groups is 17. The zero-order valence-electron chi connectivity index (χ0n) is 38.4. The van der Waals surface area contributed by atoms with E-state index in [1.165, 1.54) is 0 Å². The first-order valence-electron chi connectivity index (χ1n) is 21.1. The molecule has 0 fully saturated rings. The number of esters is 6. The molecule has 0 heterocycles. The van der Waals surface area contributed by atoms with E-state index >= 15 is 0 Å². The maximum Gasteiger partial charge on any atom is 0.343 e. The van der Waals surface area contributed by atoms with E-state index in [1.54, 1.807) is 0 Å². The van der Waals surface area contributed by atoms with E-state index in [1.807, 2.05) is 0 Å². The molecule has 0 saturated carbocycles. The van der Waals surface area contributed by atoms with E-state index in [9.17, 15) is 120 Å². The summed E-state index contributed by atoms with van der Waals surface area (Å²) >= 11 is 0. The van der Waals surface area contributed by atoms with Gasteiger partial charge < -0.3 is 115 Å². The molecule has 0 bridgehead atoms. The van der Waals surface area contributed by atoms with Gasteiger partial charge in [-0.1, -0.05) is 0 Å². The largest absolute Gasteiger partial charge is 0.504 e. The van der Waals surface area contributed by atoms with Crippen molar-refractivity contribution >= 4 is 42.1 Å². The Morgan fingerprint density at radius 2 is 0.603 bits per heavy atom. The van der Waals surface area contributed by atoms with Gasteiger partial charge in [-0.3, -0.25) is 4.79 Å². The van der Waals surface area contributed by atoms with Crippen LogP contribution in [0, 0.1) is 0 Å². The van der Waals surface area contributed by atoms with Gasteiger partial charge in [-0.25, -0.2) is 28.8 Å². The number of hydrogen-bond donors (Lipinski definition) is 17. The van der Waals surface area contributed by atoms with Gasteiger partial charge >= 0.3 is 35.8 Å². The fraction of sp³-hybridized carbons (Fsp3) is 0.104. The highest BCUT2D eigenvalue weighted by molar-refractivity contribution is 5.97. The van der Waals surface area contributed by atoms with Crippen molar-refractivity contribution in [2.75, 3.05) is 6.61 Å². The third-order valence-corrected chi connectivity index (χ3v) is 10.5. The number of carbonyl (C=O) groups is 7. The number of phenols is 17. The average Bonchev–Trinajstić information content (AvgIpc) is 3.39. The van der Waals surface area contributed by atoms with Gasteiger partial charge in [0.05, 0.1) is 33.4 Å². The molecule has 0 amide bonds. The molecule has 0 aliphatic carbocycles. The molecule has 0 spiro atoms. The van der Waals surface area contributed by atoms with Crippen LogP contribution in [-0.2, 0) is 28.5 Å². The van der Waals surface area contributed by atoms with E-state index < -0.39 is 210 Å². The van der Waals surface area contributed by atoms with E-state index in [0.717, 1.165) is 0 Å². The first kappa shape index (κ1) is 55.7. The van der Waals surface area contributed by atoms with Crippen molar-refractivity contribution in [3.63, 3.8) is 0 Å². The zero-order valence-corrected chi connectivity index (χ0v) is 38.4. The van der Waals surface area contributed by atoms with Crippen LogP contribution in [0.5, 0.6) is 103 Å². The van der Waals surface area contributed by atoms with E-state index in [-0.39, 0.29) is 0 Å². The van der Waals surface area contributed by atoms with Crippen molar-refractivity contribution in [1.82, 2.24) is 0 Å². The van der Waals surface area contributed by atoms with Crippen LogP contribution >= 0.6 is 0 Å². The maximum atomic E-state index is 14.1. The summed E-state index contributed by atoms with van der Waals surface area (Å²) in [6, 6.07) is 5.67. The van der Waals surface area contributed by atoms with Crippen LogP contribution in [0.4, 0.5) is 0 Å². The molecule has 30 nitrogen and oxygen atoms in total. The number of ether oxygens (including phenoxy) is 6. The maximum absolute atomic E-state index is 14.1. The second kappa shape index (κ2) is 22.3. The Bertz CT molecular complexity index is 3320. The first-order valence-corrected chi connectivity index (χ1v) is 21.1. The summed E-state index contributed by atoms with van der Waals surface area (Å²) in [6.45, 7) is -1.58. The standard InChI is InChI=1S/C48H36O30/c49-13-33(75-46(70)20-11-31(60)40(66)32(12-20)74-44(68)16-3-23(52)36(62)24(53)4-16)41(77-47(71)18-7-27(56)38(64)28(57)8-18)42(78-48(72)19-9-29(58)39(65)30(59)10-19)34(76-45(69)17-5-25(54)37(63)26(55)6-17)14-73-43(67)15-1-21(50)35(61)22(51)2-15/h1-13,33-34,41-42,50-66H,14H2/t33-,34+,41+,42+/m0/s1. The van der Waals surface area contributed by atoms with Crippen molar-refractivity contribution in [2.24, 2.45) is 0 Å². The molecule has 6 aromatic rings. The molecular formula is C48H36O30. The minimum absolute atomic E-state index is 0.408. The van der Waals surface area contributed by atoms with Crippen molar-refractivity contribution in [3.8, 4) is 103 Å². The molecule has 408 valence electrons. The van der Waals surface area contributed by atoms with E-state index in [4.69, 9.17) is 28.4 Å². The predicted octanol–water partition coefficient (Wildman–Crippen LogP) is 2.16. The number of phenolic OH excluding ortho intramolecular Hbond substituents is 17. The molecule has 30 heteroatoms. The van der Waals surface area contributed by atoms with Gasteiger partial charge in [0.15, 0.2) is 128 Å². The SMILES string of the molecule is O=C[C@H](OC(=O)c1cc(O)c(O)c(OC(=O)c2cc(O)c(O)c(O)c2)c1)[C@@H](OC(=O)c1cc(O)c(O)c(O)c1)[C@H](OC(=O)c1cc(O)c(O)c(O)c1)[C@@H](COC(=O)c1cc(O)c(O)c(O)c1)OC(=O)c1cc(O)c(O)c(O)c1. The van der Waals surface area contributed by atoms with Crippen molar-refractivity contribution in [1.29, 1.82) is 0 Å². The highest BCUT2D eigenvalue weighted by Crippen LogP contribution is 2.42. The predicted molar refractivity (Wildman–Crippen MR) is 245 cm³/mol. The molecule has 0 aliphatic heterocycles. The summed E-state index contributed by atoms with van der Waals surface area (Å²) in [5.74, 6) is -31.7. The monoisotopic (exact) mass is 1090 g/mol. The van der Waals surface area contributed by atoms with Gasteiger partial charge in [0.25, 0.3) is 0 Å². The lowest BCUT2D eigenvalue weighted by Crippen LogP contribution is -2.54. The lowest BCUT2D eigenvalue weighted by atomic mass is 10.0. The molecule has 0 aliphatic rings. The third-order valence-electron chi connectivity index (χ3n) is 10.5. The van der Waals surface area contributed by atoms with Gasteiger partial charge in [-0.15, -0.1) is 0 Å². The summed E-state index contributed by atoms with van der Waals surface area (Å²) in [5.41, 5.74) is -5.40. The molecule has 0 radical (unpaired) electrons. The van der Waals surface area contributed by atoms with Gasteiger partial charge in [-0.2, -0.15) is 0 Å². The van der Waals surface area contributed by atoms with Crippen LogP contribution in [-0.4, -0.2) is 160 Å². The second-order valence-corrected chi connectivity index (χ2v) is 15.8. The quantitative estimate of drug-likeness (QED) is 0.0204. The Balaban J connectivity index is 1.53. The highest BCUT2D eigenvalue weighted by atomic mass is 16.6. The number of benzene rings is 6. The van der Waals surface area contributed by atoms with Crippen molar-refractivity contribution in [2.45, 2.75) is 24.4 Å². The topological polar surface area (TPSA) is 519 Å². The lowest BCUT2D eigenvalue weighted by molar-refractivity contribution is -0.143. The molecule has 78 heavy (non-hydrogen) atoms. The summed E-state index contributed by atoms with van der Waals surface area (Å²) in [6.07, 6.45) is -11.8. The third kappa shape index (κ3) is 11.9. The van der Waals surface area contributed by atoms with E-state index in [0.29, 0.717) is 72.8 Å². The molecule has 4 atom stereocenters. The number of hydrogen-bond acceptors (Lipinski definition) is 30. The molecule has 6 rings (SSSR count).